The summed E-state index contributed by atoms with van der Waals surface area (Å²) in [7, 11) is 0. The van der Waals surface area contributed by atoms with Crippen molar-refractivity contribution in [3.8, 4) is 5.75 Å². The molecule has 0 amide bonds. The minimum Gasteiger partial charge on any atom is -0.407 e. The van der Waals surface area contributed by atoms with Crippen LogP contribution in [0.2, 0.25) is 0 Å². The Kier molecular flexibility index (Phi) is 4.63. The molecule has 0 aromatic heterocycles. The molecule has 4 heteroatoms. The normalized spacial score (nSPS) is 10.1. The molecule has 0 spiro atoms. The summed E-state index contributed by atoms with van der Waals surface area (Å²) < 4.78 is 14.6. The van der Waals surface area contributed by atoms with Gasteiger partial charge in [0.05, 0.1) is 6.10 Å². The lowest BCUT2D eigenvalue weighted by atomic mass is 10.3. The van der Waals surface area contributed by atoms with Gasteiger partial charge in [-0.3, -0.25) is 0 Å². The van der Waals surface area contributed by atoms with Crippen LogP contribution in [-0.2, 0) is 9.47 Å². The summed E-state index contributed by atoms with van der Waals surface area (Å²) in [5.41, 5.74) is 0. The zero-order chi connectivity index (χ0) is 11.1. The van der Waals surface area contributed by atoms with E-state index < -0.39 is 6.16 Å². The van der Waals surface area contributed by atoms with Crippen molar-refractivity contribution in [2.24, 2.45) is 0 Å². The van der Waals surface area contributed by atoms with Crippen molar-refractivity contribution in [1.29, 1.82) is 0 Å². The molecule has 0 radical (unpaired) electrons. The van der Waals surface area contributed by atoms with E-state index in [1.807, 2.05) is 19.9 Å². The van der Waals surface area contributed by atoms with E-state index in [9.17, 15) is 4.79 Å². The summed E-state index contributed by atoms with van der Waals surface area (Å²) in [6.07, 6.45) is -0.739. The third-order valence-electron chi connectivity index (χ3n) is 1.52. The van der Waals surface area contributed by atoms with E-state index in [-0.39, 0.29) is 12.9 Å². The van der Waals surface area contributed by atoms with Gasteiger partial charge in [-0.15, -0.1) is 0 Å². The van der Waals surface area contributed by atoms with Crippen LogP contribution in [0.25, 0.3) is 0 Å². The van der Waals surface area contributed by atoms with E-state index in [1.54, 1.807) is 24.3 Å². The molecule has 4 nitrogen and oxygen atoms in total. The third kappa shape index (κ3) is 5.02. The van der Waals surface area contributed by atoms with Gasteiger partial charge in [-0.1, -0.05) is 18.2 Å². The average Bonchev–Trinajstić information content (AvgIpc) is 2.18. The first kappa shape index (κ1) is 11.5. The fourth-order valence-corrected chi connectivity index (χ4v) is 0.832. The quantitative estimate of drug-likeness (QED) is 0.435. The van der Waals surface area contributed by atoms with Gasteiger partial charge in [0.2, 0.25) is 0 Å². The van der Waals surface area contributed by atoms with E-state index in [2.05, 4.69) is 4.74 Å². The maximum absolute atomic E-state index is 11.1. The Morgan fingerprint density at radius 3 is 2.53 bits per heavy atom. The molecule has 0 saturated heterocycles. The molecule has 0 atom stereocenters. The molecule has 0 aliphatic heterocycles. The van der Waals surface area contributed by atoms with Crippen molar-refractivity contribution in [1.82, 2.24) is 0 Å². The van der Waals surface area contributed by atoms with Gasteiger partial charge in [-0.25, -0.2) is 4.79 Å². The monoisotopic (exact) mass is 210 g/mol. The van der Waals surface area contributed by atoms with Crippen LogP contribution in [0.4, 0.5) is 4.79 Å². The van der Waals surface area contributed by atoms with Crippen LogP contribution in [0.5, 0.6) is 5.75 Å². The van der Waals surface area contributed by atoms with Crippen molar-refractivity contribution in [2.45, 2.75) is 20.0 Å². The second-order valence-electron chi connectivity index (χ2n) is 3.14. The second kappa shape index (κ2) is 6.03. The first-order valence-corrected chi connectivity index (χ1v) is 4.69. The molecule has 15 heavy (non-hydrogen) atoms. The summed E-state index contributed by atoms with van der Waals surface area (Å²) in [5.74, 6) is 0.451. The number of carbonyl (C=O) groups excluding carboxylic acids is 1. The Morgan fingerprint density at radius 1 is 1.27 bits per heavy atom. The first-order valence-electron chi connectivity index (χ1n) is 4.69. The SMILES string of the molecule is CC(C)OCOC(=O)Oc1ccccc1. The number of ether oxygens (including phenoxy) is 3. The number of carbonyl (C=O) groups is 1. The van der Waals surface area contributed by atoms with Crippen molar-refractivity contribution in [3.05, 3.63) is 30.3 Å². The molecule has 1 aromatic rings. The van der Waals surface area contributed by atoms with Gasteiger partial charge in [0.1, 0.15) is 5.75 Å². The van der Waals surface area contributed by atoms with Crippen molar-refractivity contribution in [2.75, 3.05) is 6.79 Å². The standard InChI is InChI=1S/C11H14O4/c1-9(2)13-8-14-11(12)15-10-6-4-3-5-7-10/h3-7,9H,8H2,1-2H3. The number of hydrogen-bond donors (Lipinski definition) is 0. The van der Waals surface area contributed by atoms with E-state index in [0.717, 1.165) is 0 Å². The van der Waals surface area contributed by atoms with Crippen molar-refractivity contribution >= 4 is 6.16 Å². The van der Waals surface area contributed by atoms with Gasteiger partial charge in [-0.05, 0) is 26.0 Å². The summed E-state index contributed by atoms with van der Waals surface area (Å²) in [4.78, 5) is 11.1. The Bertz CT molecular complexity index is 295. The Hall–Kier alpha value is -1.55. The van der Waals surface area contributed by atoms with Crippen LogP contribution in [-0.4, -0.2) is 19.1 Å². The minimum atomic E-state index is -0.762. The highest BCUT2D eigenvalue weighted by molar-refractivity contribution is 5.63. The molecule has 0 fully saturated rings. The molecule has 1 aromatic carbocycles. The molecule has 0 saturated carbocycles. The molecular weight excluding hydrogens is 196 g/mol. The van der Waals surface area contributed by atoms with Gasteiger partial charge in [0, 0.05) is 0 Å². The van der Waals surface area contributed by atoms with E-state index in [1.165, 1.54) is 0 Å². The van der Waals surface area contributed by atoms with Gasteiger partial charge in [-0.2, -0.15) is 0 Å². The Morgan fingerprint density at radius 2 is 1.93 bits per heavy atom. The minimum absolute atomic E-state index is 0.0227. The molecular formula is C11H14O4. The van der Waals surface area contributed by atoms with Crippen LogP contribution < -0.4 is 4.74 Å². The van der Waals surface area contributed by atoms with Crippen LogP contribution in [0.1, 0.15) is 13.8 Å². The number of benzene rings is 1. The number of rotatable bonds is 4. The van der Waals surface area contributed by atoms with E-state index in [0.29, 0.717) is 5.75 Å². The summed E-state index contributed by atoms with van der Waals surface area (Å²) in [6.45, 7) is 3.61. The maximum Gasteiger partial charge on any atom is 0.515 e. The predicted octanol–water partition coefficient (Wildman–Crippen LogP) is 2.58. The molecule has 0 unspecified atom stereocenters. The van der Waals surface area contributed by atoms with Crippen LogP contribution in [0.3, 0.4) is 0 Å². The maximum atomic E-state index is 11.1. The topological polar surface area (TPSA) is 44.8 Å². The van der Waals surface area contributed by atoms with Gasteiger partial charge in [0.15, 0.2) is 6.79 Å². The van der Waals surface area contributed by atoms with Crippen LogP contribution in [0.15, 0.2) is 30.3 Å². The Labute approximate surface area is 88.8 Å². The summed E-state index contributed by atoms with van der Waals surface area (Å²) >= 11 is 0. The first-order chi connectivity index (χ1) is 7.18. The summed E-state index contributed by atoms with van der Waals surface area (Å²) in [5, 5.41) is 0. The van der Waals surface area contributed by atoms with Crippen molar-refractivity contribution < 1.29 is 19.0 Å². The smallest absolute Gasteiger partial charge is 0.407 e. The summed E-state index contributed by atoms with van der Waals surface area (Å²) in [6, 6.07) is 8.72. The zero-order valence-corrected chi connectivity index (χ0v) is 8.80. The molecule has 0 bridgehead atoms. The van der Waals surface area contributed by atoms with E-state index >= 15 is 0 Å². The van der Waals surface area contributed by atoms with Gasteiger partial charge < -0.3 is 14.2 Å². The molecule has 0 heterocycles. The molecule has 0 aliphatic carbocycles. The van der Waals surface area contributed by atoms with Gasteiger partial charge in [0.25, 0.3) is 0 Å². The molecule has 0 N–H and O–H groups in total. The molecule has 1 rings (SSSR count). The zero-order valence-electron chi connectivity index (χ0n) is 8.80. The Balaban J connectivity index is 2.25. The van der Waals surface area contributed by atoms with Gasteiger partial charge >= 0.3 is 6.16 Å². The van der Waals surface area contributed by atoms with Crippen LogP contribution in [0, 0.1) is 0 Å². The number of para-hydroxylation sites is 1. The van der Waals surface area contributed by atoms with Crippen LogP contribution >= 0.6 is 0 Å². The lowest BCUT2D eigenvalue weighted by Gasteiger charge is -2.08. The average molecular weight is 210 g/mol. The fraction of sp³-hybridized carbons (Fsp3) is 0.364. The fourth-order valence-electron chi connectivity index (χ4n) is 0.832. The second-order valence-corrected chi connectivity index (χ2v) is 3.14. The lowest BCUT2D eigenvalue weighted by molar-refractivity contribution is -0.0554. The highest BCUT2D eigenvalue weighted by Crippen LogP contribution is 2.08. The largest absolute Gasteiger partial charge is 0.515 e. The highest BCUT2D eigenvalue weighted by atomic mass is 16.8. The molecule has 82 valence electrons. The lowest BCUT2D eigenvalue weighted by Crippen LogP contribution is -2.15. The number of hydrogen-bond acceptors (Lipinski definition) is 4. The third-order valence-corrected chi connectivity index (χ3v) is 1.52. The highest BCUT2D eigenvalue weighted by Gasteiger charge is 2.05. The predicted molar refractivity (Wildman–Crippen MR) is 54.6 cm³/mol. The van der Waals surface area contributed by atoms with Crippen molar-refractivity contribution in [3.63, 3.8) is 0 Å². The van der Waals surface area contributed by atoms with E-state index in [4.69, 9.17) is 9.47 Å². The molecule has 0 aliphatic rings.